The second-order valence-electron chi connectivity index (χ2n) is 3.93. The maximum atomic E-state index is 10.6. The summed E-state index contributed by atoms with van der Waals surface area (Å²) in [6, 6.07) is 10.5. The molecule has 1 aromatic rings. The zero-order valence-corrected chi connectivity index (χ0v) is 10.0. The van der Waals surface area contributed by atoms with Crippen LogP contribution in [0, 0.1) is 12.3 Å². The van der Waals surface area contributed by atoms with Gasteiger partial charge in [-0.25, -0.2) is 4.79 Å². The van der Waals surface area contributed by atoms with Crippen LogP contribution in [0.4, 0.5) is 0 Å². The molecule has 90 valence electrons. The topological polar surface area (TPSA) is 26.3 Å². The van der Waals surface area contributed by atoms with Crippen molar-refractivity contribution in [1.82, 2.24) is 0 Å². The van der Waals surface area contributed by atoms with Crippen LogP contribution < -0.4 is 0 Å². The quantitative estimate of drug-likeness (QED) is 0.311. The molecule has 2 nitrogen and oxygen atoms in total. The lowest BCUT2D eigenvalue weighted by Crippen LogP contribution is -2.02. The molecule has 0 aliphatic heterocycles. The molecule has 0 saturated carbocycles. The summed E-state index contributed by atoms with van der Waals surface area (Å²) in [7, 11) is 0. The smallest absolute Gasteiger partial charge is 0.384 e. The van der Waals surface area contributed by atoms with Crippen molar-refractivity contribution in [3.63, 3.8) is 0 Å². The number of terminal acetylenes is 1. The van der Waals surface area contributed by atoms with E-state index in [4.69, 9.17) is 11.2 Å². The van der Waals surface area contributed by atoms with Crippen molar-refractivity contribution < 1.29 is 9.53 Å². The van der Waals surface area contributed by atoms with Gasteiger partial charge in [-0.15, -0.1) is 6.42 Å². The van der Waals surface area contributed by atoms with Crippen LogP contribution >= 0.6 is 0 Å². The molecule has 0 aliphatic carbocycles. The van der Waals surface area contributed by atoms with Gasteiger partial charge in [0.2, 0.25) is 0 Å². The molecule has 0 heterocycles. The Balaban J connectivity index is 1.95. The molecule has 0 unspecified atom stereocenters. The number of benzene rings is 1. The largest absolute Gasteiger partial charge is 0.456 e. The number of aryl methyl sites for hydroxylation is 1. The van der Waals surface area contributed by atoms with Gasteiger partial charge in [0.1, 0.15) is 0 Å². The van der Waals surface area contributed by atoms with Crippen LogP contribution in [-0.4, -0.2) is 12.6 Å². The van der Waals surface area contributed by atoms with E-state index in [1.54, 1.807) is 0 Å². The maximum Gasteiger partial charge on any atom is 0.384 e. The maximum absolute atomic E-state index is 10.6. The van der Waals surface area contributed by atoms with E-state index < -0.39 is 5.97 Å². The molecule has 1 rings (SSSR count). The van der Waals surface area contributed by atoms with Crippen LogP contribution in [0.1, 0.15) is 31.2 Å². The average Bonchev–Trinajstić information content (AvgIpc) is 2.38. The predicted octanol–water partition coefficient (Wildman–Crippen LogP) is 2.97. The van der Waals surface area contributed by atoms with E-state index in [0.29, 0.717) is 6.61 Å². The Morgan fingerprint density at radius 3 is 2.53 bits per heavy atom. The molecule has 1 aromatic carbocycles. The normalized spacial score (nSPS) is 9.59. The van der Waals surface area contributed by atoms with Gasteiger partial charge in [-0.05, 0) is 24.8 Å². The molecule has 0 aromatic heterocycles. The Labute approximate surface area is 103 Å². The average molecular weight is 230 g/mol. The zero-order chi connectivity index (χ0) is 12.3. The number of unbranched alkanes of at least 4 members (excludes halogenated alkanes) is 3. The van der Waals surface area contributed by atoms with Gasteiger partial charge >= 0.3 is 5.97 Å². The standard InChI is InChI=1S/C15H18O2/c1-2-15(16)17-13-9-4-3-6-10-14-11-7-5-8-12-14/h1,5,7-8,11-12H,3-4,6,9-10,13H2. The van der Waals surface area contributed by atoms with Gasteiger partial charge in [-0.2, -0.15) is 0 Å². The van der Waals surface area contributed by atoms with E-state index in [2.05, 4.69) is 24.3 Å². The fraction of sp³-hybridized carbons (Fsp3) is 0.400. The van der Waals surface area contributed by atoms with Gasteiger partial charge in [-0.1, -0.05) is 43.2 Å². The second-order valence-corrected chi connectivity index (χ2v) is 3.93. The third-order valence-corrected chi connectivity index (χ3v) is 2.55. The summed E-state index contributed by atoms with van der Waals surface area (Å²) >= 11 is 0. The summed E-state index contributed by atoms with van der Waals surface area (Å²) < 4.78 is 4.78. The number of rotatable bonds is 7. The Bertz CT molecular complexity index is 362. The molecule has 0 amide bonds. The first kappa shape index (κ1) is 13.3. The van der Waals surface area contributed by atoms with E-state index >= 15 is 0 Å². The lowest BCUT2D eigenvalue weighted by molar-refractivity contribution is -0.136. The van der Waals surface area contributed by atoms with Gasteiger partial charge in [0.05, 0.1) is 6.61 Å². The van der Waals surface area contributed by atoms with Gasteiger partial charge in [0, 0.05) is 5.92 Å². The summed E-state index contributed by atoms with van der Waals surface area (Å²) in [5.41, 5.74) is 1.38. The Kier molecular flexibility index (Phi) is 6.59. The van der Waals surface area contributed by atoms with Crippen molar-refractivity contribution in [2.75, 3.05) is 6.61 Å². The SMILES string of the molecule is C#CC(=O)OCCCCCCc1ccccc1. The highest BCUT2D eigenvalue weighted by molar-refractivity contribution is 5.87. The van der Waals surface area contributed by atoms with Crippen molar-refractivity contribution in [3.8, 4) is 12.3 Å². The monoisotopic (exact) mass is 230 g/mol. The van der Waals surface area contributed by atoms with Crippen LogP contribution in [0.2, 0.25) is 0 Å². The van der Waals surface area contributed by atoms with Crippen molar-refractivity contribution in [1.29, 1.82) is 0 Å². The minimum Gasteiger partial charge on any atom is -0.456 e. The number of ether oxygens (including phenoxy) is 1. The molecule has 0 radical (unpaired) electrons. The van der Waals surface area contributed by atoms with Crippen molar-refractivity contribution in [3.05, 3.63) is 35.9 Å². The van der Waals surface area contributed by atoms with Gasteiger partial charge in [-0.3, -0.25) is 0 Å². The third kappa shape index (κ3) is 6.42. The zero-order valence-electron chi connectivity index (χ0n) is 10.0. The van der Waals surface area contributed by atoms with E-state index in [1.165, 1.54) is 12.0 Å². The fourth-order valence-electron chi connectivity index (χ4n) is 1.64. The number of carbonyl (C=O) groups is 1. The van der Waals surface area contributed by atoms with Crippen LogP contribution in [0.15, 0.2) is 30.3 Å². The molecule has 2 heteroatoms. The van der Waals surface area contributed by atoms with E-state index in [-0.39, 0.29) is 0 Å². The summed E-state index contributed by atoms with van der Waals surface area (Å²) in [4.78, 5) is 10.6. The first-order chi connectivity index (χ1) is 8.33. The Morgan fingerprint density at radius 2 is 1.82 bits per heavy atom. The van der Waals surface area contributed by atoms with E-state index in [0.717, 1.165) is 25.7 Å². The predicted molar refractivity (Wildman–Crippen MR) is 68.4 cm³/mol. The van der Waals surface area contributed by atoms with Crippen molar-refractivity contribution in [2.24, 2.45) is 0 Å². The van der Waals surface area contributed by atoms with Gasteiger partial charge < -0.3 is 4.74 Å². The van der Waals surface area contributed by atoms with E-state index in [1.807, 2.05) is 12.0 Å². The Morgan fingerprint density at radius 1 is 1.12 bits per heavy atom. The molecular formula is C15H18O2. The number of hydrogen-bond donors (Lipinski definition) is 0. The lowest BCUT2D eigenvalue weighted by Gasteiger charge is -2.02. The second kappa shape index (κ2) is 8.41. The molecule has 0 saturated heterocycles. The number of hydrogen-bond acceptors (Lipinski definition) is 2. The minimum absolute atomic E-state index is 0.439. The van der Waals surface area contributed by atoms with Gasteiger partial charge in [0.25, 0.3) is 0 Å². The molecule has 0 bridgehead atoms. The first-order valence-electron chi connectivity index (χ1n) is 6.00. The molecule has 0 aliphatic rings. The third-order valence-electron chi connectivity index (χ3n) is 2.55. The highest BCUT2D eigenvalue weighted by Gasteiger charge is 1.96. The molecular weight excluding hydrogens is 212 g/mol. The fourth-order valence-corrected chi connectivity index (χ4v) is 1.64. The highest BCUT2D eigenvalue weighted by Crippen LogP contribution is 2.07. The lowest BCUT2D eigenvalue weighted by atomic mass is 10.1. The molecule has 17 heavy (non-hydrogen) atoms. The van der Waals surface area contributed by atoms with Crippen molar-refractivity contribution in [2.45, 2.75) is 32.1 Å². The van der Waals surface area contributed by atoms with Crippen LogP contribution in [0.5, 0.6) is 0 Å². The summed E-state index contributed by atoms with van der Waals surface area (Å²) in [6.07, 6.45) is 10.3. The Hall–Kier alpha value is -1.75. The number of carbonyl (C=O) groups excluding carboxylic acids is 1. The first-order valence-corrected chi connectivity index (χ1v) is 6.00. The van der Waals surface area contributed by atoms with Crippen LogP contribution in [0.3, 0.4) is 0 Å². The molecule has 0 N–H and O–H groups in total. The number of esters is 1. The summed E-state index contributed by atoms with van der Waals surface area (Å²) in [5.74, 6) is 1.37. The summed E-state index contributed by atoms with van der Waals surface area (Å²) in [5, 5.41) is 0. The molecule has 0 spiro atoms. The molecule has 0 atom stereocenters. The summed E-state index contributed by atoms with van der Waals surface area (Å²) in [6.45, 7) is 0.439. The van der Waals surface area contributed by atoms with Crippen molar-refractivity contribution >= 4 is 5.97 Å². The van der Waals surface area contributed by atoms with E-state index in [9.17, 15) is 4.79 Å². The highest BCUT2D eigenvalue weighted by atomic mass is 16.5. The van der Waals surface area contributed by atoms with Crippen LogP contribution in [-0.2, 0) is 16.0 Å². The van der Waals surface area contributed by atoms with Crippen LogP contribution in [0.25, 0.3) is 0 Å². The van der Waals surface area contributed by atoms with Gasteiger partial charge in [0.15, 0.2) is 0 Å². The molecule has 0 fully saturated rings. The minimum atomic E-state index is -0.561.